The van der Waals surface area contributed by atoms with Gasteiger partial charge in [-0.25, -0.2) is 17.9 Å². The van der Waals surface area contributed by atoms with Crippen LogP contribution in [-0.2, 0) is 15.6 Å². The van der Waals surface area contributed by atoms with Crippen LogP contribution in [0.15, 0.2) is 56.8 Å². The number of aromatic amines is 1. The average Bonchev–Trinajstić information content (AvgIpc) is 2.86. The molecule has 120 valence electrons. The fourth-order valence-corrected chi connectivity index (χ4v) is 3.73. The summed E-state index contributed by atoms with van der Waals surface area (Å²) in [6, 6.07) is 7.72. The standard InChI is InChI=1S/C15H15N3O4S/c1-15(2,10-5-7-16-8-6-10)18-23(20,21)11-3-4-12-13(9-11)22-14(19)17-12/h3-9,18H,1-2H3,(H,17,19). The number of nitrogens with one attached hydrogen (secondary N) is 2. The van der Waals surface area contributed by atoms with E-state index in [0.717, 1.165) is 5.56 Å². The van der Waals surface area contributed by atoms with E-state index < -0.39 is 21.3 Å². The van der Waals surface area contributed by atoms with Crippen molar-refractivity contribution in [1.29, 1.82) is 0 Å². The molecule has 0 aliphatic carbocycles. The van der Waals surface area contributed by atoms with E-state index in [2.05, 4.69) is 14.7 Å². The van der Waals surface area contributed by atoms with Crippen LogP contribution in [0.3, 0.4) is 0 Å². The van der Waals surface area contributed by atoms with Gasteiger partial charge in [0.2, 0.25) is 10.0 Å². The number of nitrogens with zero attached hydrogens (tertiary/aromatic N) is 1. The maximum atomic E-state index is 12.6. The van der Waals surface area contributed by atoms with Crippen molar-refractivity contribution in [3.05, 3.63) is 58.8 Å². The number of rotatable bonds is 4. The van der Waals surface area contributed by atoms with E-state index >= 15 is 0 Å². The lowest BCUT2D eigenvalue weighted by Gasteiger charge is -2.26. The van der Waals surface area contributed by atoms with E-state index in [9.17, 15) is 13.2 Å². The first-order chi connectivity index (χ1) is 10.8. The van der Waals surface area contributed by atoms with Crippen molar-refractivity contribution in [1.82, 2.24) is 14.7 Å². The average molecular weight is 333 g/mol. The number of benzene rings is 1. The first-order valence-corrected chi connectivity index (χ1v) is 8.34. The van der Waals surface area contributed by atoms with E-state index in [1.54, 1.807) is 38.4 Å². The fourth-order valence-electron chi connectivity index (χ4n) is 2.32. The second-order valence-corrected chi connectivity index (χ2v) is 7.32. The molecule has 3 aromatic rings. The molecule has 0 spiro atoms. The Labute approximate surface area is 132 Å². The number of pyridine rings is 1. The van der Waals surface area contributed by atoms with Gasteiger partial charge in [0.1, 0.15) is 0 Å². The van der Waals surface area contributed by atoms with Crippen molar-refractivity contribution in [2.45, 2.75) is 24.3 Å². The lowest BCUT2D eigenvalue weighted by molar-refractivity contribution is 0.471. The first kappa shape index (κ1) is 15.4. The molecule has 2 heterocycles. The van der Waals surface area contributed by atoms with Crippen molar-refractivity contribution in [2.24, 2.45) is 0 Å². The molecule has 0 unspecified atom stereocenters. The summed E-state index contributed by atoms with van der Waals surface area (Å²) in [6.07, 6.45) is 3.21. The Morgan fingerprint density at radius 3 is 2.57 bits per heavy atom. The molecule has 23 heavy (non-hydrogen) atoms. The summed E-state index contributed by atoms with van der Waals surface area (Å²) < 4.78 is 32.8. The monoisotopic (exact) mass is 333 g/mol. The zero-order valence-corrected chi connectivity index (χ0v) is 13.3. The Morgan fingerprint density at radius 1 is 1.17 bits per heavy atom. The van der Waals surface area contributed by atoms with E-state index in [1.807, 2.05) is 0 Å². The van der Waals surface area contributed by atoms with Crippen LogP contribution in [0, 0.1) is 0 Å². The number of sulfonamides is 1. The van der Waals surface area contributed by atoms with E-state index in [4.69, 9.17) is 4.42 Å². The van der Waals surface area contributed by atoms with Crippen molar-refractivity contribution in [3.63, 3.8) is 0 Å². The number of hydrogen-bond acceptors (Lipinski definition) is 5. The topological polar surface area (TPSA) is 105 Å². The van der Waals surface area contributed by atoms with Crippen LogP contribution in [0.25, 0.3) is 11.1 Å². The minimum atomic E-state index is -3.79. The predicted molar refractivity (Wildman–Crippen MR) is 84.4 cm³/mol. The van der Waals surface area contributed by atoms with E-state index in [-0.39, 0.29) is 10.5 Å². The van der Waals surface area contributed by atoms with Crippen LogP contribution >= 0.6 is 0 Å². The normalized spacial score (nSPS) is 12.6. The Balaban J connectivity index is 1.98. The van der Waals surface area contributed by atoms with Crippen LogP contribution in [-0.4, -0.2) is 18.4 Å². The third-order valence-corrected chi connectivity index (χ3v) is 5.15. The number of oxazole rings is 1. The van der Waals surface area contributed by atoms with E-state index in [0.29, 0.717) is 5.52 Å². The zero-order valence-electron chi connectivity index (χ0n) is 12.5. The van der Waals surface area contributed by atoms with Crippen LogP contribution in [0.4, 0.5) is 0 Å². The molecule has 1 aromatic carbocycles. The molecule has 0 bridgehead atoms. The van der Waals surface area contributed by atoms with Gasteiger partial charge in [-0.05, 0) is 43.7 Å². The van der Waals surface area contributed by atoms with Gasteiger partial charge in [-0.2, -0.15) is 0 Å². The summed E-state index contributed by atoms with van der Waals surface area (Å²) in [5, 5.41) is 0. The van der Waals surface area contributed by atoms with Gasteiger partial charge in [-0.15, -0.1) is 0 Å². The summed E-state index contributed by atoms with van der Waals surface area (Å²) in [7, 11) is -3.79. The summed E-state index contributed by atoms with van der Waals surface area (Å²) in [6.45, 7) is 3.52. The van der Waals surface area contributed by atoms with Crippen molar-refractivity contribution in [2.75, 3.05) is 0 Å². The first-order valence-electron chi connectivity index (χ1n) is 6.85. The molecule has 0 aliphatic rings. The molecule has 0 aliphatic heterocycles. The molecule has 0 saturated carbocycles. The van der Waals surface area contributed by atoms with Crippen LogP contribution in [0.5, 0.6) is 0 Å². The van der Waals surface area contributed by atoms with Gasteiger partial charge >= 0.3 is 5.76 Å². The van der Waals surface area contributed by atoms with Crippen LogP contribution in [0.1, 0.15) is 19.4 Å². The van der Waals surface area contributed by atoms with Crippen LogP contribution < -0.4 is 10.5 Å². The highest BCUT2D eigenvalue weighted by Crippen LogP contribution is 2.23. The predicted octanol–water partition coefficient (Wildman–Crippen LogP) is 1.73. The quantitative estimate of drug-likeness (QED) is 0.756. The van der Waals surface area contributed by atoms with Gasteiger partial charge in [0.15, 0.2) is 5.58 Å². The SMILES string of the molecule is CC(C)(NS(=O)(=O)c1ccc2[nH]c(=O)oc2c1)c1ccncc1. The Kier molecular flexibility index (Phi) is 3.57. The molecule has 2 aromatic heterocycles. The molecule has 7 nitrogen and oxygen atoms in total. The number of fused-ring (bicyclic) bond motifs is 1. The summed E-state index contributed by atoms with van der Waals surface area (Å²) >= 11 is 0. The molecule has 0 radical (unpaired) electrons. The Hall–Kier alpha value is -2.45. The molecule has 3 rings (SSSR count). The van der Waals surface area contributed by atoms with Crippen molar-refractivity contribution in [3.8, 4) is 0 Å². The van der Waals surface area contributed by atoms with Crippen LogP contribution in [0.2, 0.25) is 0 Å². The van der Waals surface area contributed by atoms with Crippen molar-refractivity contribution >= 4 is 21.1 Å². The molecular weight excluding hydrogens is 318 g/mol. The second-order valence-electron chi connectivity index (χ2n) is 5.64. The molecule has 0 atom stereocenters. The summed E-state index contributed by atoms with van der Waals surface area (Å²) in [5.74, 6) is -0.625. The highest BCUT2D eigenvalue weighted by atomic mass is 32.2. The highest BCUT2D eigenvalue weighted by Gasteiger charge is 2.28. The van der Waals surface area contributed by atoms with Gasteiger partial charge in [-0.1, -0.05) is 0 Å². The van der Waals surface area contributed by atoms with Gasteiger partial charge in [0.25, 0.3) is 0 Å². The zero-order chi connectivity index (χ0) is 16.7. The van der Waals surface area contributed by atoms with Gasteiger partial charge in [0.05, 0.1) is 16.0 Å². The highest BCUT2D eigenvalue weighted by molar-refractivity contribution is 7.89. The van der Waals surface area contributed by atoms with Gasteiger partial charge in [-0.3, -0.25) is 9.97 Å². The van der Waals surface area contributed by atoms with Crippen molar-refractivity contribution < 1.29 is 12.8 Å². The fraction of sp³-hybridized carbons (Fsp3) is 0.200. The smallest absolute Gasteiger partial charge is 0.408 e. The number of hydrogen-bond donors (Lipinski definition) is 2. The minimum Gasteiger partial charge on any atom is -0.408 e. The number of H-pyrrole nitrogens is 1. The summed E-state index contributed by atoms with van der Waals surface area (Å²) in [5.41, 5.74) is 0.600. The van der Waals surface area contributed by atoms with E-state index in [1.165, 1.54) is 18.2 Å². The Bertz CT molecular complexity index is 1000. The molecule has 2 N–H and O–H groups in total. The maximum Gasteiger partial charge on any atom is 0.417 e. The molecule has 0 fully saturated rings. The second kappa shape index (κ2) is 5.32. The Morgan fingerprint density at radius 2 is 1.87 bits per heavy atom. The van der Waals surface area contributed by atoms with Gasteiger partial charge in [0, 0.05) is 18.5 Å². The summed E-state index contributed by atoms with van der Waals surface area (Å²) in [4.78, 5) is 17.6. The third-order valence-electron chi connectivity index (χ3n) is 3.49. The molecule has 0 amide bonds. The maximum absolute atomic E-state index is 12.6. The van der Waals surface area contributed by atoms with Gasteiger partial charge < -0.3 is 4.42 Å². The minimum absolute atomic E-state index is 0.0230. The lowest BCUT2D eigenvalue weighted by Crippen LogP contribution is -2.40. The molecule has 0 saturated heterocycles. The third kappa shape index (κ3) is 3.03. The lowest BCUT2D eigenvalue weighted by atomic mass is 9.97. The number of aromatic nitrogens is 2. The largest absolute Gasteiger partial charge is 0.417 e. The molecule has 8 heteroatoms. The molecular formula is C15H15N3O4S.